The lowest BCUT2D eigenvalue weighted by Gasteiger charge is -2.02. The minimum atomic E-state index is -0.914. The molecule has 1 heterocycles. The maximum atomic E-state index is 10.8. The molecule has 1 N–H and O–H groups in total. The largest absolute Gasteiger partial charge is 0.478 e. The van der Waals surface area contributed by atoms with Gasteiger partial charge in [0.2, 0.25) is 0 Å². The Hall–Kier alpha value is -1.74. The van der Waals surface area contributed by atoms with Gasteiger partial charge in [-0.2, -0.15) is 0 Å². The summed E-state index contributed by atoms with van der Waals surface area (Å²) in [5.41, 5.74) is 2.64. The van der Waals surface area contributed by atoms with E-state index in [9.17, 15) is 4.79 Å². The van der Waals surface area contributed by atoms with Crippen molar-refractivity contribution in [2.24, 2.45) is 0 Å². The van der Waals surface area contributed by atoms with E-state index in [1.807, 2.05) is 16.8 Å². The number of halogens is 1. The Morgan fingerprint density at radius 3 is 2.94 bits per heavy atom. The fourth-order valence-electron chi connectivity index (χ4n) is 1.63. The SMILES string of the molecule is O=C(O)c1ccc2ccn(CC=CCl)c2c1. The van der Waals surface area contributed by atoms with Gasteiger partial charge in [-0.15, -0.1) is 0 Å². The van der Waals surface area contributed by atoms with E-state index in [1.54, 1.807) is 24.3 Å². The molecule has 0 aliphatic carbocycles. The summed E-state index contributed by atoms with van der Waals surface area (Å²) in [6.07, 6.45) is 3.71. The number of carboxylic acids is 1. The van der Waals surface area contributed by atoms with E-state index in [2.05, 4.69) is 0 Å². The number of nitrogens with zero attached hydrogens (tertiary/aromatic N) is 1. The van der Waals surface area contributed by atoms with E-state index in [4.69, 9.17) is 16.7 Å². The lowest BCUT2D eigenvalue weighted by molar-refractivity contribution is 0.0697. The van der Waals surface area contributed by atoms with Crippen molar-refractivity contribution in [1.82, 2.24) is 4.57 Å². The Kier molecular flexibility index (Phi) is 2.97. The highest BCUT2D eigenvalue weighted by atomic mass is 35.5. The van der Waals surface area contributed by atoms with Crippen molar-refractivity contribution in [3.8, 4) is 0 Å². The summed E-state index contributed by atoms with van der Waals surface area (Å²) in [5.74, 6) is -0.914. The van der Waals surface area contributed by atoms with Crippen LogP contribution in [0.4, 0.5) is 0 Å². The average molecular weight is 236 g/mol. The van der Waals surface area contributed by atoms with Gasteiger partial charge in [0.25, 0.3) is 0 Å². The van der Waals surface area contributed by atoms with E-state index in [-0.39, 0.29) is 0 Å². The highest BCUT2D eigenvalue weighted by Gasteiger charge is 2.05. The van der Waals surface area contributed by atoms with Crippen molar-refractivity contribution in [2.75, 3.05) is 0 Å². The average Bonchev–Trinajstić information content (AvgIpc) is 2.68. The number of aromatic nitrogens is 1. The second-order valence-corrected chi connectivity index (χ2v) is 3.66. The number of benzene rings is 1. The molecular weight excluding hydrogens is 226 g/mol. The molecule has 16 heavy (non-hydrogen) atoms. The van der Waals surface area contributed by atoms with Gasteiger partial charge >= 0.3 is 5.97 Å². The molecule has 3 nitrogen and oxygen atoms in total. The molecule has 0 saturated carbocycles. The smallest absolute Gasteiger partial charge is 0.335 e. The minimum Gasteiger partial charge on any atom is -0.478 e. The molecule has 0 atom stereocenters. The molecule has 0 amide bonds. The molecule has 0 unspecified atom stereocenters. The standard InChI is InChI=1S/C12H10ClNO2/c13-5-1-6-14-7-4-9-2-3-10(12(15)16)8-11(9)14/h1-5,7-8H,6H2,(H,15,16). The summed E-state index contributed by atoms with van der Waals surface area (Å²) in [4.78, 5) is 10.8. The first-order valence-corrected chi connectivity index (χ1v) is 5.23. The highest BCUT2D eigenvalue weighted by Crippen LogP contribution is 2.17. The van der Waals surface area contributed by atoms with Crippen LogP contribution in [0, 0.1) is 0 Å². The summed E-state index contributed by atoms with van der Waals surface area (Å²) < 4.78 is 1.95. The van der Waals surface area contributed by atoms with Gasteiger partial charge in [0.05, 0.1) is 5.56 Å². The topological polar surface area (TPSA) is 42.2 Å². The van der Waals surface area contributed by atoms with Crippen LogP contribution in [0.25, 0.3) is 10.9 Å². The number of carbonyl (C=O) groups is 1. The molecule has 0 fully saturated rings. The Balaban J connectivity index is 2.51. The number of fused-ring (bicyclic) bond motifs is 1. The number of carboxylic acid groups (broad SMARTS) is 1. The fraction of sp³-hybridized carbons (Fsp3) is 0.0833. The molecule has 0 radical (unpaired) electrons. The van der Waals surface area contributed by atoms with Gasteiger partial charge in [-0.1, -0.05) is 23.7 Å². The van der Waals surface area contributed by atoms with Gasteiger partial charge < -0.3 is 9.67 Å². The van der Waals surface area contributed by atoms with Crippen molar-refractivity contribution in [3.05, 3.63) is 47.6 Å². The van der Waals surface area contributed by atoms with Crippen LogP contribution in [0.15, 0.2) is 42.1 Å². The third-order valence-electron chi connectivity index (χ3n) is 2.41. The second kappa shape index (κ2) is 4.41. The third kappa shape index (κ3) is 1.95. The maximum Gasteiger partial charge on any atom is 0.335 e. The molecule has 2 rings (SSSR count). The molecule has 1 aromatic heterocycles. The first kappa shape index (κ1) is 10.8. The van der Waals surface area contributed by atoms with Crippen molar-refractivity contribution >= 4 is 28.5 Å². The monoisotopic (exact) mass is 235 g/mol. The minimum absolute atomic E-state index is 0.294. The van der Waals surface area contributed by atoms with Gasteiger partial charge in [0.1, 0.15) is 0 Å². The molecule has 0 aliphatic heterocycles. The van der Waals surface area contributed by atoms with Crippen molar-refractivity contribution in [3.63, 3.8) is 0 Å². The van der Waals surface area contributed by atoms with Crippen LogP contribution in [0.2, 0.25) is 0 Å². The van der Waals surface area contributed by atoms with Gasteiger partial charge in [0, 0.05) is 23.8 Å². The molecule has 82 valence electrons. The molecule has 0 saturated heterocycles. The number of allylic oxidation sites excluding steroid dienone is 1. The zero-order valence-electron chi connectivity index (χ0n) is 8.43. The lowest BCUT2D eigenvalue weighted by Crippen LogP contribution is -1.97. The van der Waals surface area contributed by atoms with Crippen LogP contribution in [-0.4, -0.2) is 15.6 Å². The Bertz CT molecular complexity index is 557. The molecular formula is C12H10ClNO2. The molecule has 1 aromatic carbocycles. The summed E-state index contributed by atoms with van der Waals surface area (Å²) in [6.45, 7) is 0.635. The predicted octanol–water partition coefficient (Wildman–Crippen LogP) is 3.09. The quantitative estimate of drug-likeness (QED) is 0.888. The maximum absolute atomic E-state index is 10.8. The summed E-state index contributed by atoms with van der Waals surface area (Å²) in [6, 6.07) is 7.02. The van der Waals surface area contributed by atoms with Crippen LogP contribution in [0.3, 0.4) is 0 Å². The van der Waals surface area contributed by atoms with Gasteiger partial charge in [0.15, 0.2) is 0 Å². The second-order valence-electron chi connectivity index (χ2n) is 3.41. The normalized spacial score (nSPS) is 11.3. The first-order valence-electron chi connectivity index (χ1n) is 4.80. The van der Waals surface area contributed by atoms with Crippen LogP contribution in [0.5, 0.6) is 0 Å². The molecule has 0 bridgehead atoms. The van der Waals surface area contributed by atoms with Crippen molar-refractivity contribution in [1.29, 1.82) is 0 Å². The Morgan fingerprint density at radius 2 is 2.25 bits per heavy atom. The highest BCUT2D eigenvalue weighted by molar-refractivity contribution is 6.25. The van der Waals surface area contributed by atoms with Gasteiger partial charge in [-0.3, -0.25) is 0 Å². The Labute approximate surface area is 97.6 Å². The molecule has 2 aromatic rings. The van der Waals surface area contributed by atoms with E-state index in [1.165, 1.54) is 5.54 Å². The van der Waals surface area contributed by atoms with Gasteiger partial charge in [-0.25, -0.2) is 4.79 Å². The number of hydrogen-bond donors (Lipinski definition) is 1. The molecule has 4 heteroatoms. The van der Waals surface area contributed by atoms with E-state index >= 15 is 0 Å². The van der Waals surface area contributed by atoms with Crippen LogP contribution in [0.1, 0.15) is 10.4 Å². The molecule has 0 spiro atoms. The van der Waals surface area contributed by atoms with Gasteiger partial charge in [-0.05, 0) is 23.6 Å². The number of rotatable bonds is 3. The van der Waals surface area contributed by atoms with Crippen molar-refractivity contribution in [2.45, 2.75) is 6.54 Å². The first-order chi connectivity index (χ1) is 7.72. The van der Waals surface area contributed by atoms with E-state index in [0.717, 1.165) is 10.9 Å². The third-order valence-corrected chi connectivity index (χ3v) is 2.59. The van der Waals surface area contributed by atoms with Crippen molar-refractivity contribution < 1.29 is 9.90 Å². The zero-order chi connectivity index (χ0) is 11.5. The van der Waals surface area contributed by atoms with E-state index < -0.39 is 5.97 Å². The summed E-state index contributed by atoms with van der Waals surface area (Å²) >= 11 is 5.46. The lowest BCUT2D eigenvalue weighted by atomic mass is 10.2. The summed E-state index contributed by atoms with van der Waals surface area (Å²) in [5, 5.41) is 9.93. The Morgan fingerprint density at radius 1 is 1.44 bits per heavy atom. The van der Waals surface area contributed by atoms with Crippen LogP contribution < -0.4 is 0 Å². The number of hydrogen-bond acceptors (Lipinski definition) is 1. The zero-order valence-corrected chi connectivity index (χ0v) is 9.19. The fourth-order valence-corrected chi connectivity index (χ4v) is 1.71. The summed E-state index contributed by atoms with van der Waals surface area (Å²) in [7, 11) is 0. The van der Waals surface area contributed by atoms with E-state index in [0.29, 0.717) is 12.1 Å². The van der Waals surface area contributed by atoms with Crippen LogP contribution >= 0.6 is 11.6 Å². The number of aromatic carboxylic acids is 1. The molecule has 0 aliphatic rings. The predicted molar refractivity (Wildman–Crippen MR) is 63.9 cm³/mol. The van der Waals surface area contributed by atoms with Crippen LogP contribution in [-0.2, 0) is 6.54 Å².